The Morgan fingerprint density at radius 2 is 1.63 bits per heavy atom. The van der Waals surface area contributed by atoms with Crippen molar-refractivity contribution in [1.82, 2.24) is 15.5 Å². The first-order valence-electron chi connectivity index (χ1n) is 10.4. The maximum atomic E-state index is 13.5. The molecule has 0 unspecified atom stereocenters. The standard InChI is InChI=1S/C23H35N3O4/c1-21(2,3)18(24-20(30)25-22(4,5)6)19(29)26(14-17(27)28)15-23(12-13-23)16-10-8-7-9-11-16/h7-11,18H,12-15H2,1-6H3,(H,27,28)(H2,24,25,30)/t18-/m1/s1. The Hall–Kier alpha value is -2.57. The van der Waals surface area contributed by atoms with Crippen LogP contribution in [0.15, 0.2) is 30.3 Å². The summed E-state index contributed by atoms with van der Waals surface area (Å²) in [5.74, 6) is -1.45. The summed E-state index contributed by atoms with van der Waals surface area (Å²) in [6.45, 7) is 11.1. The van der Waals surface area contributed by atoms with Gasteiger partial charge >= 0.3 is 12.0 Å². The van der Waals surface area contributed by atoms with Crippen LogP contribution in [0.25, 0.3) is 0 Å². The third-order valence-electron chi connectivity index (χ3n) is 5.25. The van der Waals surface area contributed by atoms with Crippen LogP contribution in [0.4, 0.5) is 4.79 Å². The molecule has 0 heterocycles. The molecule has 1 aliphatic rings. The van der Waals surface area contributed by atoms with Crippen molar-refractivity contribution in [3.05, 3.63) is 35.9 Å². The summed E-state index contributed by atoms with van der Waals surface area (Å²) < 4.78 is 0. The molecule has 2 rings (SSSR count). The topological polar surface area (TPSA) is 98.7 Å². The van der Waals surface area contributed by atoms with Crippen molar-refractivity contribution in [2.45, 2.75) is 71.4 Å². The van der Waals surface area contributed by atoms with Gasteiger partial charge in [0.15, 0.2) is 0 Å². The van der Waals surface area contributed by atoms with E-state index >= 15 is 0 Å². The molecule has 0 radical (unpaired) electrons. The minimum Gasteiger partial charge on any atom is -0.480 e. The van der Waals surface area contributed by atoms with Gasteiger partial charge < -0.3 is 20.6 Å². The number of amides is 3. The lowest BCUT2D eigenvalue weighted by molar-refractivity contribution is -0.146. The van der Waals surface area contributed by atoms with E-state index in [0.717, 1.165) is 18.4 Å². The van der Waals surface area contributed by atoms with Crippen LogP contribution >= 0.6 is 0 Å². The van der Waals surface area contributed by atoms with E-state index in [2.05, 4.69) is 10.6 Å². The normalized spacial score (nSPS) is 16.3. The highest BCUT2D eigenvalue weighted by Gasteiger charge is 2.48. The highest BCUT2D eigenvalue weighted by Crippen LogP contribution is 2.48. The van der Waals surface area contributed by atoms with Crippen molar-refractivity contribution in [2.75, 3.05) is 13.1 Å². The molecule has 3 N–H and O–H groups in total. The SMILES string of the molecule is CC(C)(C)NC(=O)N[C@H](C(=O)N(CC(=O)O)CC1(c2ccccc2)CC1)C(C)(C)C. The van der Waals surface area contributed by atoms with Crippen molar-refractivity contribution in [3.63, 3.8) is 0 Å². The van der Waals surface area contributed by atoms with Crippen LogP contribution < -0.4 is 10.6 Å². The van der Waals surface area contributed by atoms with E-state index in [1.165, 1.54) is 4.90 Å². The fraction of sp³-hybridized carbons (Fsp3) is 0.609. The van der Waals surface area contributed by atoms with Gasteiger partial charge in [0.25, 0.3) is 0 Å². The minimum absolute atomic E-state index is 0.220. The molecule has 30 heavy (non-hydrogen) atoms. The summed E-state index contributed by atoms with van der Waals surface area (Å²) >= 11 is 0. The zero-order valence-electron chi connectivity index (χ0n) is 18.9. The van der Waals surface area contributed by atoms with Crippen LogP contribution in [-0.4, -0.2) is 52.6 Å². The Kier molecular flexibility index (Phi) is 6.84. The number of nitrogens with one attached hydrogen (secondary N) is 2. The average Bonchev–Trinajstić information content (AvgIpc) is 3.37. The van der Waals surface area contributed by atoms with Gasteiger partial charge in [-0.25, -0.2) is 4.79 Å². The van der Waals surface area contributed by atoms with Crippen molar-refractivity contribution in [2.24, 2.45) is 5.41 Å². The fourth-order valence-corrected chi connectivity index (χ4v) is 3.56. The minimum atomic E-state index is -1.07. The third kappa shape index (κ3) is 6.47. The second-order valence-corrected chi connectivity index (χ2v) is 10.4. The number of aliphatic carboxylic acids is 1. The lowest BCUT2D eigenvalue weighted by Gasteiger charge is -2.36. The molecule has 7 heteroatoms. The van der Waals surface area contributed by atoms with E-state index in [9.17, 15) is 19.5 Å². The molecular formula is C23H35N3O4. The van der Waals surface area contributed by atoms with Crippen LogP contribution in [0.1, 0.15) is 59.9 Å². The van der Waals surface area contributed by atoms with E-state index in [1.807, 2.05) is 71.9 Å². The zero-order chi connectivity index (χ0) is 22.7. The van der Waals surface area contributed by atoms with Crippen molar-refractivity contribution < 1.29 is 19.5 Å². The van der Waals surface area contributed by atoms with E-state index in [-0.39, 0.29) is 11.3 Å². The summed E-state index contributed by atoms with van der Waals surface area (Å²) in [6, 6.07) is 8.58. The van der Waals surface area contributed by atoms with Gasteiger partial charge in [-0.2, -0.15) is 0 Å². The lowest BCUT2D eigenvalue weighted by atomic mass is 9.85. The molecule has 0 aliphatic heterocycles. The van der Waals surface area contributed by atoms with Gasteiger partial charge in [-0.1, -0.05) is 51.1 Å². The number of carbonyl (C=O) groups excluding carboxylic acids is 2. The van der Waals surface area contributed by atoms with E-state index in [0.29, 0.717) is 6.54 Å². The molecule has 1 aromatic rings. The first-order valence-corrected chi connectivity index (χ1v) is 10.4. The Bertz CT molecular complexity index is 774. The first-order chi connectivity index (χ1) is 13.7. The van der Waals surface area contributed by atoms with Crippen molar-refractivity contribution in [3.8, 4) is 0 Å². The second-order valence-electron chi connectivity index (χ2n) is 10.4. The highest BCUT2D eigenvalue weighted by atomic mass is 16.4. The number of carbonyl (C=O) groups is 3. The molecule has 1 atom stereocenters. The van der Waals surface area contributed by atoms with Gasteiger partial charge in [-0.3, -0.25) is 9.59 Å². The number of hydrogen-bond acceptors (Lipinski definition) is 3. The van der Waals surface area contributed by atoms with Gasteiger partial charge in [0, 0.05) is 17.5 Å². The zero-order valence-corrected chi connectivity index (χ0v) is 18.9. The van der Waals surface area contributed by atoms with Crippen LogP contribution in [-0.2, 0) is 15.0 Å². The number of carboxylic acids is 1. The molecule has 1 fully saturated rings. The molecule has 166 valence electrons. The van der Waals surface area contributed by atoms with Crippen molar-refractivity contribution in [1.29, 1.82) is 0 Å². The maximum Gasteiger partial charge on any atom is 0.323 e. The lowest BCUT2D eigenvalue weighted by Crippen LogP contribution is -2.59. The summed E-state index contributed by atoms with van der Waals surface area (Å²) in [5.41, 5.74) is -0.157. The van der Waals surface area contributed by atoms with Crippen LogP contribution in [0, 0.1) is 5.41 Å². The number of rotatable bonds is 7. The molecule has 0 spiro atoms. The van der Waals surface area contributed by atoms with E-state index < -0.39 is 35.5 Å². The summed E-state index contributed by atoms with van der Waals surface area (Å²) in [6.07, 6.45) is 1.80. The molecule has 1 aromatic carbocycles. The predicted molar refractivity (Wildman–Crippen MR) is 116 cm³/mol. The Morgan fingerprint density at radius 1 is 1.07 bits per heavy atom. The van der Waals surface area contributed by atoms with Gasteiger partial charge in [-0.05, 0) is 44.6 Å². The van der Waals surface area contributed by atoms with E-state index in [4.69, 9.17) is 0 Å². The smallest absolute Gasteiger partial charge is 0.323 e. The first kappa shape index (κ1) is 23.7. The molecule has 1 aliphatic carbocycles. The Morgan fingerprint density at radius 3 is 2.07 bits per heavy atom. The summed E-state index contributed by atoms with van der Waals surface area (Å²) in [7, 11) is 0. The van der Waals surface area contributed by atoms with Gasteiger partial charge in [0.1, 0.15) is 12.6 Å². The average molecular weight is 418 g/mol. The van der Waals surface area contributed by atoms with Crippen LogP contribution in [0.2, 0.25) is 0 Å². The van der Waals surface area contributed by atoms with Crippen LogP contribution in [0.3, 0.4) is 0 Å². The fourth-order valence-electron chi connectivity index (χ4n) is 3.56. The molecule has 0 bridgehead atoms. The molecule has 0 saturated heterocycles. The van der Waals surface area contributed by atoms with E-state index in [1.54, 1.807) is 0 Å². The van der Waals surface area contributed by atoms with Gasteiger partial charge in [0.2, 0.25) is 5.91 Å². The Labute approximate surface area is 179 Å². The number of urea groups is 1. The number of hydrogen-bond donors (Lipinski definition) is 3. The largest absolute Gasteiger partial charge is 0.480 e. The van der Waals surface area contributed by atoms with Gasteiger partial charge in [0.05, 0.1) is 0 Å². The summed E-state index contributed by atoms with van der Waals surface area (Å²) in [5, 5.41) is 15.0. The predicted octanol–water partition coefficient (Wildman–Crippen LogP) is 3.14. The monoisotopic (exact) mass is 417 g/mol. The van der Waals surface area contributed by atoms with Gasteiger partial charge in [-0.15, -0.1) is 0 Å². The maximum absolute atomic E-state index is 13.5. The molecule has 0 aromatic heterocycles. The number of carboxylic acid groups (broad SMARTS) is 1. The number of benzene rings is 1. The number of nitrogens with zero attached hydrogens (tertiary/aromatic N) is 1. The molecular weight excluding hydrogens is 382 g/mol. The molecule has 7 nitrogen and oxygen atoms in total. The molecule has 3 amide bonds. The van der Waals surface area contributed by atoms with Crippen LogP contribution in [0.5, 0.6) is 0 Å². The highest BCUT2D eigenvalue weighted by molar-refractivity contribution is 5.90. The van der Waals surface area contributed by atoms with Crippen molar-refractivity contribution >= 4 is 17.9 Å². The summed E-state index contributed by atoms with van der Waals surface area (Å²) in [4.78, 5) is 38.9. The second kappa shape index (κ2) is 8.66. The third-order valence-corrected chi connectivity index (χ3v) is 5.25. The quantitative estimate of drug-likeness (QED) is 0.635. The molecule has 1 saturated carbocycles. The Balaban J connectivity index is 2.26.